The Morgan fingerprint density at radius 2 is 1.79 bits per heavy atom. The summed E-state index contributed by atoms with van der Waals surface area (Å²) in [6, 6.07) is 15.1. The number of aryl methyl sites for hydroxylation is 2. The van der Waals surface area contributed by atoms with Crippen LogP contribution in [-0.2, 0) is 25.5 Å². The molecule has 6 heteroatoms. The van der Waals surface area contributed by atoms with Crippen LogP contribution in [0, 0.1) is 12.8 Å². The summed E-state index contributed by atoms with van der Waals surface area (Å²) < 4.78 is 5.12. The van der Waals surface area contributed by atoms with Crippen molar-refractivity contribution < 1.29 is 19.1 Å². The Morgan fingerprint density at radius 1 is 1.11 bits per heavy atom. The molecule has 1 atom stereocenters. The average Bonchev–Trinajstić information content (AvgIpc) is 3.10. The summed E-state index contributed by atoms with van der Waals surface area (Å²) in [5.41, 5.74) is 3.69. The molecule has 3 rings (SSSR count). The maximum absolute atomic E-state index is 12.3. The van der Waals surface area contributed by atoms with E-state index in [1.807, 2.05) is 43.3 Å². The molecule has 6 nitrogen and oxygen atoms in total. The molecule has 146 valence electrons. The van der Waals surface area contributed by atoms with Crippen molar-refractivity contribution in [2.75, 3.05) is 23.4 Å². The summed E-state index contributed by atoms with van der Waals surface area (Å²) in [5.74, 6) is -1.62. The molecule has 0 unspecified atom stereocenters. The molecule has 0 radical (unpaired) electrons. The van der Waals surface area contributed by atoms with Crippen LogP contribution in [0.5, 0.6) is 0 Å². The van der Waals surface area contributed by atoms with E-state index in [1.54, 1.807) is 17.0 Å². The first kappa shape index (κ1) is 19.6. The molecular formula is C22H24N2O4. The van der Waals surface area contributed by atoms with Gasteiger partial charge < -0.3 is 15.0 Å². The molecule has 2 aromatic carbocycles. The minimum absolute atomic E-state index is 0.0912. The Balaban J connectivity index is 1.51. The van der Waals surface area contributed by atoms with Crippen LogP contribution in [0.15, 0.2) is 48.5 Å². The van der Waals surface area contributed by atoms with Crippen LogP contribution in [0.2, 0.25) is 0 Å². The molecule has 0 spiro atoms. The van der Waals surface area contributed by atoms with Crippen molar-refractivity contribution in [2.45, 2.75) is 26.7 Å². The van der Waals surface area contributed by atoms with Gasteiger partial charge in [0.1, 0.15) is 0 Å². The monoisotopic (exact) mass is 380 g/mol. The van der Waals surface area contributed by atoms with Gasteiger partial charge in [-0.15, -0.1) is 0 Å². The van der Waals surface area contributed by atoms with Gasteiger partial charge in [-0.05, 0) is 43.2 Å². The van der Waals surface area contributed by atoms with E-state index in [1.165, 1.54) is 5.56 Å². The van der Waals surface area contributed by atoms with E-state index in [0.717, 1.165) is 17.7 Å². The van der Waals surface area contributed by atoms with E-state index in [9.17, 15) is 14.4 Å². The summed E-state index contributed by atoms with van der Waals surface area (Å²) in [5, 5.41) is 2.68. The lowest BCUT2D eigenvalue weighted by Gasteiger charge is -2.17. The zero-order valence-corrected chi connectivity index (χ0v) is 16.1. The van der Waals surface area contributed by atoms with Gasteiger partial charge in [0.15, 0.2) is 6.61 Å². The van der Waals surface area contributed by atoms with E-state index >= 15 is 0 Å². The number of carbonyl (C=O) groups is 3. The van der Waals surface area contributed by atoms with Crippen LogP contribution in [0.4, 0.5) is 11.4 Å². The highest BCUT2D eigenvalue weighted by molar-refractivity contribution is 6.00. The van der Waals surface area contributed by atoms with Crippen molar-refractivity contribution in [3.63, 3.8) is 0 Å². The molecule has 1 saturated heterocycles. The predicted octanol–water partition coefficient (Wildman–Crippen LogP) is 3.09. The molecular weight excluding hydrogens is 356 g/mol. The lowest BCUT2D eigenvalue weighted by atomic mass is 10.1. The third kappa shape index (κ3) is 4.76. The summed E-state index contributed by atoms with van der Waals surface area (Å²) in [6.45, 7) is 3.92. The number of esters is 1. The smallest absolute Gasteiger partial charge is 0.311 e. The normalized spacial score (nSPS) is 16.1. The Hall–Kier alpha value is -3.15. The molecule has 1 fully saturated rings. The third-order valence-electron chi connectivity index (χ3n) is 4.80. The Bertz CT molecular complexity index is 859. The molecule has 0 bridgehead atoms. The Morgan fingerprint density at radius 3 is 2.43 bits per heavy atom. The van der Waals surface area contributed by atoms with E-state index in [0.29, 0.717) is 5.69 Å². The van der Waals surface area contributed by atoms with Crippen molar-refractivity contribution in [1.82, 2.24) is 0 Å². The van der Waals surface area contributed by atoms with Crippen LogP contribution in [-0.4, -0.2) is 30.9 Å². The number of nitrogens with zero attached hydrogens (tertiary/aromatic N) is 1. The van der Waals surface area contributed by atoms with Gasteiger partial charge in [0.2, 0.25) is 5.91 Å². The number of rotatable bonds is 6. The highest BCUT2D eigenvalue weighted by Gasteiger charge is 2.36. The van der Waals surface area contributed by atoms with Crippen molar-refractivity contribution in [2.24, 2.45) is 5.92 Å². The van der Waals surface area contributed by atoms with Crippen molar-refractivity contribution in [3.8, 4) is 0 Å². The van der Waals surface area contributed by atoms with Crippen molar-refractivity contribution >= 4 is 29.2 Å². The van der Waals surface area contributed by atoms with Crippen LogP contribution in [0.3, 0.4) is 0 Å². The van der Waals surface area contributed by atoms with Gasteiger partial charge in [0.05, 0.1) is 5.92 Å². The van der Waals surface area contributed by atoms with Gasteiger partial charge in [-0.2, -0.15) is 0 Å². The van der Waals surface area contributed by atoms with Gasteiger partial charge in [0, 0.05) is 24.3 Å². The molecule has 1 aliphatic heterocycles. The number of nitrogens with one attached hydrogen (secondary N) is 1. The Kier molecular flexibility index (Phi) is 6.09. The first-order valence-corrected chi connectivity index (χ1v) is 9.38. The first-order valence-electron chi connectivity index (χ1n) is 9.38. The number of carbonyl (C=O) groups excluding carboxylic acids is 3. The quantitative estimate of drug-likeness (QED) is 0.782. The molecule has 2 aromatic rings. The average molecular weight is 380 g/mol. The SMILES string of the molecule is CCc1ccc(N2C[C@H](C(=O)OCC(=O)Nc3ccc(C)cc3)CC2=O)cc1. The standard InChI is InChI=1S/C22H24N2O4/c1-3-16-6-10-19(11-7-16)24-13-17(12-21(24)26)22(27)28-14-20(25)23-18-8-4-15(2)5-9-18/h4-11,17H,3,12-14H2,1-2H3,(H,23,25)/t17-/m1/s1. The minimum Gasteiger partial charge on any atom is -0.455 e. The lowest BCUT2D eigenvalue weighted by Crippen LogP contribution is -2.28. The van der Waals surface area contributed by atoms with Crippen LogP contribution < -0.4 is 10.2 Å². The largest absolute Gasteiger partial charge is 0.455 e. The maximum atomic E-state index is 12.3. The number of ether oxygens (including phenoxy) is 1. The topological polar surface area (TPSA) is 75.7 Å². The van der Waals surface area contributed by atoms with E-state index in [4.69, 9.17) is 4.74 Å². The summed E-state index contributed by atoms with van der Waals surface area (Å²) in [4.78, 5) is 38.1. The third-order valence-corrected chi connectivity index (χ3v) is 4.80. The molecule has 0 aliphatic carbocycles. The second-order valence-electron chi connectivity index (χ2n) is 6.95. The number of benzene rings is 2. The van der Waals surface area contributed by atoms with Crippen molar-refractivity contribution in [3.05, 3.63) is 59.7 Å². The van der Waals surface area contributed by atoms with Gasteiger partial charge in [-0.25, -0.2) is 0 Å². The highest BCUT2D eigenvalue weighted by Crippen LogP contribution is 2.26. The van der Waals surface area contributed by atoms with Gasteiger partial charge in [-0.3, -0.25) is 14.4 Å². The fourth-order valence-corrected chi connectivity index (χ4v) is 3.12. The number of hydrogen-bond acceptors (Lipinski definition) is 4. The fraction of sp³-hybridized carbons (Fsp3) is 0.318. The summed E-state index contributed by atoms with van der Waals surface area (Å²) in [6.07, 6.45) is 1.02. The van der Waals surface area contributed by atoms with Crippen LogP contribution >= 0.6 is 0 Å². The molecule has 1 heterocycles. The molecule has 0 saturated carbocycles. The summed E-state index contributed by atoms with van der Waals surface area (Å²) >= 11 is 0. The van der Waals surface area contributed by atoms with Crippen molar-refractivity contribution in [1.29, 1.82) is 0 Å². The Labute approximate surface area is 164 Å². The summed E-state index contributed by atoms with van der Waals surface area (Å²) in [7, 11) is 0. The van der Waals surface area contributed by atoms with Crippen LogP contribution in [0.25, 0.3) is 0 Å². The zero-order chi connectivity index (χ0) is 20.1. The zero-order valence-electron chi connectivity index (χ0n) is 16.1. The second kappa shape index (κ2) is 8.69. The van der Waals surface area contributed by atoms with E-state index in [-0.39, 0.29) is 25.5 Å². The molecule has 28 heavy (non-hydrogen) atoms. The number of amides is 2. The maximum Gasteiger partial charge on any atom is 0.311 e. The number of hydrogen-bond donors (Lipinski definition) is 1. The van der Waals surface area contributed by atoms with E-state index in [2.05, 4.69) is 12.2 Å². The first-order chi connectivity index (χ1) is 13.5. The molecule has 1 N–H and O–H groups in total. The molecule has 1 aliphatic rings. The van der Waals surface area contributed by atoms with Gasteiger partial charge in [0.25, 0.3) is 5.91 Å². The second-order valence-corrected chi connectivity index (χ2v) is 6.95. The minimum atomic E-state index is -0.564. The lowest BCUT2D eigenvalue weighted by molar-refractivity contribution is -0.151. The highest BCUT2D eigenvalue weighted by atomic mass is 16.5. The number of anilines is 2. The predicted molar refractivity (Wildman–Crippen MR) is 107 cm³/mol. The van der Waals surface area contributed by atoms with Gasteiger partial charge >= 0.3 is 5.97 Å². The molecule has 0 aromatic heterocycles. The van der Waals surface area contributed by atoms with Crippen LogP contribution in [0.1, 0.15) is 24.5 Å². The van der Waals surface area contributed by atoms with Gasteiger partial charge in [-0.1, -0.05) is 36.8 Å². The molecule has 2 amide bonds. The van der Waals surface area contributed by atoms with E-state index < -0.39 is 17.8 Å². The fourth-order valence-electron chi connectivity index (χ4n) is 3.12.